The average Bonchev–Trinajstić information content (AvgIpc) is 2.77. The first-order valence-corrected chi connectivity index (χ1v) is 10.8. The van der Waals surface area contributed by atoms with Crippen molar-refractivity contribution in [2.45, 2.75) is 18.1 Å². The maximum Gasteiger partial charge on any atom is 0.108 e. The van der Waals surface area contributed by atoms with Crippen molar-refractivity contribution in [3.8, 4) is 0 Å². The second-order valence-electron chi connectivity index (χ2n) is 8.47. The van der Waals surface area contributed by atoms with Crippen molar-refractivity contribution < 1.29 is 5.11 Å². The first kappa shape index (κ1) is 20.3. The Labute approximate surface area is 175 Å². The molecule has 4 heteroatoms. The first-order chi connectivity index (χ1) is 14.1. The third kappa shape index (κ3) is 4.78. The third-order valence-corrected chi connectivity index (χ3v) is 6.52. The van der Waals surface area contributed by atoms with E-state index in [1.54, 1.807) is 0 Å². The molecule has 0 radical (unpaired) electrons. The maximum atomic E-state index is 11.8. The Morgan fingerprint density at radius 2 is 1.59 bits per heavy atom. The summed E-state index contributed by atoms with van der Waals surface area (Å²) in [6.07, 6.45) is 5.22. The highest BCUT2D eigenvalue weighted by molar-refractivity contribution is 5.48. The van der Waals surface area contributed by atoms with Gasteiger partial charge in [0.2, 0.25) is 0 Å². The number of hydrogen-bond donors (Lipinski definition) is 1. The summed E-state index contributed by atoms with van der Waals surface area (Å²) < 4.78 is 0. The van der Waals surface area contributed by atoms with E-state index in [1.807, 2.05) is 24.3 Å². The standard InChI is InChI=1S/C25H33N3O/c1-26-17-19-28(20-18-26)24-21-27(15-8-11-22-9-4-2-5-10-22)16-14-25(24,29)23-12-6-3-7-13-23/h2-13,24,29H,14-21H2,1H3/b11-8+/t24-,25+/m1/s1. The lowest BCUT2D eigenvalue weighted by Crippen LogP contribution is -2.63. The molecular weight excluding hydrogens is 358 g/mol. The molecule has 154 valence electrons. The summed E-state index contributed by atoms with van der Waals surface area (Å²) in [5.41, 5.74) is 1.51. The molecule has 0 spiro atoms. The highest BCUT2D eigenvalue weighted by Gasteiger charge is 2.45. The van der Waals surface area contributed by atoms with E-state index in [1.165, 1.54) is 5.56 Å². The van der Waals surface area contributed by atoms with Crippen LogP contribution in [-0.4, -0.2) is 78.7 Å². The van der Waals surface area contributed by atoms with E-state index in [2.05, 4.69) is 70.3 Å². The Kier molecular flexibility index (Phi) is 6.46. The minimum absolute atomic E-state index is 0.123. The lowest BCUT2D eigenvalue weighted by atomic mass is 9.79. The lowest BCUT2D eigenvalue weighted by molar-refractivity contribution is -0.105. The van der Waals surface area contributed by atoms with Crippen LogP contribution in [0, 0.1) is 0 Å². The van der Waals surface area contributed by atoms with Crippen LogP contribution in [0.25, 0.3) is 6.08 Å². The van der Waals surface area contributed by atoms with Gasteiger partial charge in [-0.1, -0.05) is 72.8 Å². The van der Waals surface area contributed by atoms with E-state index < -0.39 is 5.60 Å². The lowest BCUT2D eigenvalue weighted by Gasteiger charge is -2.51. The van der Waals surface area contributed by atoms with Crippen LogP contribution in [0.4, 0.5) is 0 Å². The Hall–Kier alpha value is -1.98. The van der Waals surface area contributed by atoms with Gasteiger partial charge in [0.1, 0.15) is 5.60 Å². The molecule has 2 aliphatic rings. The van der Waals surface area contributed by atoms with Gasteiger partial charge in [-0.15, -0.1) is 0 Å². The minimum atomic E-state index is -0.781. The zero-order chi connectivity index (χ0) is 20.1. The fourth-order valence-electron chi connectivity index (χ4n) is 4.66. The number of aliphatic hydroxyl groups is 1. The van der Waals surface area contributed by atoms with Gasteiger partial charge in [-0.05, 0) is 24.6 Å². The highest BCUT2D eigenvalue weighted by Crippen LogP contribution is 2.36. The molecule has 2 aliphatic heterocycles. The number of rotatable bonds is 5. The fraction of sp³-hybridized carbons (Fsp3) is 0.440. The molecule has 0 bridgehead atoms. The van der Waals surface area contributed by atoms with Crippen molar-refractivity contribution in [2.75, 3.05) is 52.9 Å². The fourth-order valence-corrected chi connectivity index (χ4v) is 4.66. The summed E-state index contributed by atoms with van der Waals surface area (Å²) in [5, 5.41) is 11.8. The van der Waals surface area contributed by atoms with Crippen molar-refractivity contribution in [1.29, 1.82) is 0 Å². The molecule has 0 aromatic heterocycles. The molecule has 4 rings (SSSR count). The topological polar surface area (TPSA) is 30.0 Å². The molecular formula is C25H33N3O. The predicted molar refractivity (Wildman–Crippen MR) is 120 cm³/mol. The molecule has 0 saturated carbocycles. The highest BCUT2D eigenvalue weighted by atomic mass is 16.3. The molecule has 2 atom stereocenters. The Balaban J connectivity index is 1.49. The summed E-state index contributed by atoms with van der Waals surface area (Å²) in [6.45, 7) is 6.89. The summed E-state index contributed by atoms with van der Waals surface area (Å²) in [6, 6.07) is 20.9. The van der Waals surface area contributed by atoms with Crippen LogP contribution in [0.3, 0.4) is 0 Å². The first-order valence-electron chi connectivity index (χ1n) is 10.8. The number of benzene rings is 2. The monoisotopic (exact) mass is 391 g/mol. The van der Waals surface area contributed by atoms with Gasteiger partial charge in [-0.25, -0.2) is 0 Å². The number of piperazine rings is 1. The van der Waals surface area contributed by atoms with Gasteiger partial charge in [0.05, 0.1) is 6.04 Å². The van der Waals surface area contributed by atoms with E-state index >= 15 is 0 Å². The second-order valence-corrected chi connectivity index (χ2v) is 8.47. The third-order valence-electron chi connectivity index (χ3n) is 6.52. The molecule has 2 aromatic rings. The molecule has 0 aliphatic carbocycles. The zero-order valence-corrected chi connectivity index (χ0v) is 17.5. The number of nitrogens with zero attached hydrogens (tertiary/aromatic N) is 3. The van der Waals surface area contributed by atoms with E-state index in [0.29, 0.717) is 0 Å². The average molecular weight is 392 g/mol. The van der Waals surface area contributed by atoms with Crippen LogP contribution in [0.5, 0.6) is 0 Å². The SMILES string of the molecule is CN1CCN([C@@H]2CN(C/C=C/c3ccccc3)CC[C@]2(O)c2ccccc2)CC1. The van der Waals surface area contributed by atoms with Gasteiger partial charge < -0.3 is 10.0 Å². The quantitative estimate of drug-likeness (QED) is 0.849. The second kappa shape index (κ2) is 9.23. The smallest absolute Gasteiger partial charge is 0.108 e. The minimum Gasteiger partial charge on any atom is -0.383 e. The largest absolute Gasteiger partial charge is 0.383 e. The van der Waals surface area contributed by atoms with Crippen molar-refractivity contribution in [2.24, 2.45) is 0 Å². The molecule has 2 aromatic carbocycles. The van der Waals surface area contributed by atoms with E-state index in [0.717, 1.165) is 57.8 Å². The van der Waals surface area contributed by atoms with Crippen molar-refractivity contribution in [3.63, 3.8) is 0 Å². The van der Waals surface area contributed by atoms with Crippen LogP contribution in [0.15, 0.2) is 66.7 Å². The molecule has 0 unspecified atom stereocenters. The molecule has 2 heterocycles. The number of likely N-dealkylation sites (N-methyl/N-ethyl adjacent to an activating group) is 1. The van der Waals surface area contributed by atoms with Crippen molar-refractivity contribution in [3.05, 3.63) is 77.9 Å². The molecule has 0 amide bonds. The van der Waals surface area contributed by atoms with Crippen LogP contribution >= 0.6 is 0 Å². The number of piperidine rings is 1. The molecule has 2 fully saturated rings. The van der Waals surface area contributed by atoms with Gasteiger partial charge in [-0.3, -0.25) is 9.80 Å². The summed E-state index contributed by atoms with van der Waals surface area (Å²) in [5.74, 6) is 0. The van der Waals surface area contributed by atoms with Gasteiger partial charge in [0, 0.05) is 45.8 Å². The van der Waals surface area contributed by atoms with Crippen LogP contribution in [-0.2, 0) is 5.60 Å². The molecule has 2 saturated heterocycles. The molecule has 29 heavy (non-hydrogen) atoms. The Morgan fingerprint density at radius 1 is 0.931 bits per heavy atom. The molecule has 1 N–H and O–H groups in total. The molecule has 4 nitrogen and oxygen atoms in total. The van der Waals surface area contributed by atoms with Gasteiger partial charge >= 0.3 is 0 Å². The predicted octanol–water partition coefficient (Wildman–Crippen LogP) is 2.91. The Bertz CT molecular complexity index is 786. The van der Waals surface area contributed by atoms with Crippen molar-refractivity contribution >= 4 is 6.08 Å². The van der Waals surface area contributed by atoms with Crippen LogP contribution < -0.4 is 0 Å². The summed E-state index contributed by atoms with van der Waals surface area (Å²) in [4.78, 5) is 7.38. The van der Waals surface area contributed by atoms with Gasteiger partial charge in [0.15, 0.2) is 0 Å². The van der Waals surface area contributed by atoms with E-state index in [9.17, 15) is 5.11 Å². The normalized spacial score (nSPS) is 27.4. The van der Waals surface area contributed by atoms with Crippen LogP contribution in [0.1, 0.15) is 17.5 Å². The number of hydrogen-bond acceptors (Lipinski definition) is 4. The van der Waals surface area contributed by atoms with E-state index in [-0.39, 0.29) is 6.04 Å². The van der Waals surface area contributed by atoms with E-state index in [4.69, 9.17) is 0 Å². The van der Waals surface area contributed by atoms with Gasteiger partial charge in [-0.2, -0.15) is 0 Å². The Morgan fingerprint density at radius 3 is 2.28 bits per heavy atom. The van der Waals surface area contributed by atoms with Crippen molar-refractivity contribution in [1.82, 2.24) is 14.7 Å². The van der Waals surface area contributed by atoms with Crippen LogP contribution in [0.2, 0.25) is 0 Å². The maximum absolute atomic E-state index is 11.8. The zero-order valence-electron chi connectivity index (χ0n) is 17.5. The summed E-state index contributed by atoms with van der Waals surface area (Å²) in [7, 11) is 2.18. The summed E-state index contributed by atoms with van der Waals surface area (Å²) >= 11 is 0. The van der Waals surface area contributed by atoms with Gasteiger partial charge in [0.25, 0.3) is 0 Å². The number of likely N-dealkylation sites (tertiary alicyclic amines) is 1.